The van der Waals surface area contributed by atoms with Crippen LogP contribution in [0.2, 0.25) is 0 Å². The average molecular weight is 180 g/mol. The molecule has 1 unspecified atom stereocenters. The molecule has 0 aliphatic heterocycles. The molecule has 0 aromatic rings. The van der Waals surface area contributed by atoms with Crippen LogP contribution in [0.5, 0.6) is 0 Å². The molecular formula is C8H20O4. The fourth-order valence-corrected chi connectivity index (χ4v) is 0.450. The Balaban J connectivity index is 0. The number of ether oxygens (including phenoxy) is 2. The number of rotatable bonds is 5. The number of methoxy groups -OCH3 is 1. The fraction of sp³-hybridized carbons (Fsp3) is 1.00. The van der Waals surface area contributed by atoms with Crippen molar-refractivity contribution in [3.8, 4) is 0 Å². The van der Waals surface area contributed by atoms with Crippen LogP contribution in [0.1, 0.15) is 13.8 Å². The van der Waals surface area contributed by atoms with Crippen molar-refractivity contribution in [2.45, 2.75) is 20.0 Å². The Hall–Kier alpha value is -0.160. The second-order valence-corrected chi connectivity index (χ2v) is 2.22. The minimum Gasteiger partial charge on any atom is -0.394 e. The highest BCUT2D eigenvalue weighted by Gasteiger charge is 1.87. The van der Waals surface area contributed by atoms with Crippen molar-refractivity contribution in [3.05, 3.63) is 0 Å². The first-order valence-corrected chi connectivity index (χ1v) is 4.04. The van der Waals surface area contributed by atoms with Gasteiger partial charge in [0.15, 0.2) is 0 Å². The van der Waals surface area contributed by atoms with Gasteiger partial charge < -0.3 is 19.7 Å². The molecule has 4 nitrogen and oxygen atoms in total. The summed E-state index contributed by atoms with van der Waals surface area (Å²) in [6, 6.07) is 0. The third-order valence-electron chi connectivity index (χ3n) is 0.848. The van der Waals surface area contributed by atoms with Crippen molar-refractivity contribution in [2.24, 2.45) is 0 Å². The Labute approximate surface area is 74.1 Å². The second-order valence-electron chi connectivity index (χ2n) is 2.22. The zero-order valence-electron chi connectivity index (χ0n) is 8.12. The predicted octanol–water partition coefficient (Wildman–Crippen LogP) is 0.0288. The summed E-state index contributed by atoms with van der Waals surface area (Å²) >= 11 is 0. The first-order chi connectivity index (χ1) is 5.68. The molecule has 4 heteroatoms. The van der Waals surface area contributed by atoms with Crippen LogP contribution in [0.25, 0.3) is 0 Å². The summed E-state index contributed by atoms with van der Waals surface area (Å²) < 4.78 is 9.29. The molecule has 0 heterocycles. The lowest BCUT2D eigenvalue weighted by Crippen LogP contribution is -2.07. The Morgan fingerprint density at radius 1 is 1.42 bits per heavy atom. The molecule has 0 saturated heterocycles. The quantitative estimate of drug-likeness (QED) is 0.586. The summed E-state index contributed by atoms with van der Waals surface area (Å²) in [5.41, 5.74) is 0. The van der Waals surface area contributed by atoms with E-state index in [-0.39, 0.29) is 12.7 Å². The van der Waals surface area contributed by atoms with Gasteiger partial charge in [-0.15, -0.1) is 0 Å². The van der Waals surface area contributed by atoms with Crippen molar-refractivity contribution in [2.75, 3.05) is 33.5 Å². The first-order valence-electron chi connectivity index (χ1n) is 4.04. The Morgan fingerprint density at radius 2 is 2.00 bits per heavy atom. The number of aliphatic hydroxyl groups excluding tert-OH is 2. The molecular weight excluding hydrogens is 160 g/mol. The van der Waals surface area contributed by atoms with Gasteiger partial charge in [-0.1, -0.05) is 0 Å². The van der Waals surface area contributed by atoms with E-state index >= 15 is 0 Å². The molecule has 0 spiro atoms. The molecule has 12 heavy (non-hydrogen) atoms. The summed E-state index contributed by atoms with van der Waals surface area (Å²) in [5, 5.41) is 16.5. The van der Waals surface area contributed by atoms with Crippen LogP contribution in [0.15, 0.2) is 0 Å². The standard InChI is InChI=1S/2C4H10O2/c1-4(5)3-6-2;1-2-6-4-3-5/h4-5H,3H2,1-2H3;5H,2-4H2,1H3. The van der Waals surface area contributed by atoms with E-state index in [2.05, 4.69) is 4.74 Å². The molecule has 0 aromatic heterocycles. The minimum atomic E-state index is -0.324. The first kappa shape index (κ1) is 14.4. The highest BCUT2D eigenvalue weighted by atomic mass is 16.5. The third-order valence-corrected chi connectivity index (χ3v) is 0.848. The van der Waals surface area contributed by atoms with Crippen molar-refractivity contribution in [3.63, 3.8) is 0 Å². The monoisotopic (exact) mass is 180 g/mol. The largest absolute Gasteiger partial charge is 0.394 e. The number of hydrogen-bond acceptors (Lipinski definition) is 4. The Kier molecular flexibility index (Phi) is 16.1. The maximum Gasteiger partial charge on any atom is 0.0745 e. The zero-order chi connectivity index (χ0) is 9.82. The van der Waals surface area contributed by atoms with Gasteiger partial charge in [0.25, 0.3) is 0 Å². The zero-order valence-corrected chi connectivity index (χ0v) is 8.12. The highest BCUT2D eigenvalue weighted by molar-refractivity contribution is 4.36. The van der Waals surface area contributed by atoms with E-state index in [1.54, 1.807) is 14.0 Å². The van der Waals surface area contributed by atoms with Crippen molar-refractivity contribution in [1.29, 1.82) is 0 Å². The molecule has 76 valence electrons. The van der Waals surface area contributed by atoms with Crippen molar-refractivity contribution >= 4 is 0 Å². The lowest BCUT2D eigenvalue weighted by atomic mass is 10.5. The van der Waals surface area contributed by atoms with E-state index in [4.69, 9.17) is 14.9 Å². The van der Waals surface area contributed by atoms with Crippen LogP contribution in [-0.2, 0) is 9.47 Å². The molecule has 0 aliphatic rings. The van der Waals surface area contributed by atoms with E-state index < -0.39 is 0 Å². The van der Waals surface area contributed by atoms with Gasteiger partial charge in [-0.25, -0.2) is 0 Å². The number of aliphatic hydroxyl groups is 2. The van der Waals surface area contributed by atoms with Gasteiger partial charge in [-0.05, 0) is 13.8 Å². The van der Waals surface area contributed by atoms with E-state index in [9.17, 15) is 0 Å². The summed E-state index contributed by atoms with van der Waals surface area (Å²) in [7, 11) is 1.56. The van der Waals surface area contributed by atoms with Gasteiger partial charge in [-0.3, -0.25) is 0 Å². The van der Waals surface area contributed by atoms with Gasteiger partial charge in [0.2, 0.25) is 0 Å². The van der Waals surface area contributed by atoms with Gasteiger partial charge in [0, 0.05) is 13.7 Å². The van der Waals surface area contributed by atoms with E-state index in [0.717, 1.165) is 0 Å². The van der Waals surface area contributed by atoms with E-state index in [0.29, 0.717) is 19.8 Å². The third kappa shape index (κ3) is 22.5. The highest BCUT2D eigenvalue weighted by Crippen LogP contribution is 1.75. The van der Waals surface area contributed by atoms with Crippen molar-refractivity contribution < 1.29 is 19.7 Å². The summed E-state index contributed by atoms with van der Waals surface area (Å²) in [6.07, 6.45) is -0.324. The molecule has 0 aliphatic carbocycles. The predicted molar refractivity (Wildman–Crippen MR) is 47.1 cm³/mol. The SMILES string of the molecule is CCOCCO.COCC(C)O. The normalized spacial score (nSPS) is 11.8. The second kappa shape index (κ2) is 13.4. The summed E-state index contributed by atoms with van der Waals surface area (Å²) in [6.45, 7) is 5.31. The van der Waals surface area contributed by atoms with Crippen LogP contribution in [0.4, 0.5) is 0 Å². The molecule has 0 saturated carbocycles. The van der Waals surface area contributed by atoms with Crippen LogP contribution in [0.3, 0.4) is 0 Å². The smallest absolute Gasteiger partial charge is 0.0745 e. The van der Waals surface area contributed by atoms with Crippen molar-refractivity contribution in [1.82, 2.24) is 0 Å². The lowest BCUT2D eigenvalue weighted by Gasteiger charge is -1.97. The Bertz CT molecular complexity index is 62.1. The molecule has 0 radical (unpaired) electrons. The van der Waals surface area contributed by atoms with Crippen LogP contribution >= 0.6 is 0 Å². The van der Waals surface area contributed by atoms with Gasteiger partial charge >= 0.3 is 0 Å². The van der Waals surface area contributed by atoms with Crippen LogP contribution in [0, 0.1) is 0 Å². The maximum absolute atomic E-state index is 8.43. The molecule has 0 aromatic carbocycles. The van der Waals surface area contributed by atoms with E-state index in [1.165, 1.54) is 0 Å². The molecule has 0 amide bonds. The summed E-state index contributed by atoms with van der Waals surface area (Å²) in [4.78, 5) is 0. The van der Waals surface area contributed by atoms with Gasteiger partial charge in [0.05, 0.1) is 25.9 Å². The van der Waals surface area contributed by atoms with Crippen LogP contribution in [-0.4, -0.2) is 49.9 Å². The molecule has 0 rings (SSSR count). The maximum atomic E-state index is 8.43. The van der Waals surface area contributed by atoms with Gasteiger partial charge in [0.1, 0.15) is 0 Å². The van der Waals surface area contributed by atoms with Gasteiger partial charge in [-0.2, -0.15) is 0 Å². The molecule has 0 fully saturated rings. The topological polar surface area (TPSA) is 58.9 Å². The average Bonchev–Trinajstić information content (AvgIpc) is 2.02. The molecule has 0 bridgehead atoms. The number of hydrogen-bond donors (Lipinski definition) is 2. The Morgan fingerprint density at radius 3 is 2.08 bits per heavy atom. The van der Waals surface area contributed by atoms with E-state index in [1.807, 2.05) is 6.92 Å². The summed E-state index contributed by atoms with van der Waals surface area (Å²) in [5.74, 6) is 0. The minimum absolute atomic E-state index is 0.133. The fourth-order valence-electron chi connectivity index (χ4n) is 0.450. The molecule has 2 N–H and O–H groups in total. The lowest BCUT2D eigenvalue weighted by molar-refractivity contribution is 0.0765. The molecule has 1 atom stereocenters. The van der Waals surface area contributed by atoms with Crippen LogP contribution < -0.4 is 0 Å².